The van der Waals surface area contributed by atoms with Crippen LogP contribution in [-0.4, -0.2) is 65.1 Å². The van der Waals surface area contributed by atoms with Gasteiger partial charge in [0.25, 0.3) is 6.43 Å². The quantitative estimate of drug-likeness (QED) is 0.491. The summed E-state index contributed by atoms with van der Waals surface area (Å²) in [5.74, 6) is -21.6. The van der Waals surface area contributed by atoms with Gasteiger partial charge in [0.2, 0.25) is 6.17 Å². The molecule has 0 aliphatic heterocycles. The molecule has 0 aliphatic carbocycles. The normalized spacial score (nSPS) is 20.0. The van der Waals surface area contributed by atoms with Crippen molar-refractivity contribution in [3.8, 4) is 0 Å². The Bertz CT molecular complexity index is 420. The van der Waals surface area contributed by atoms with Crippen molar-refractivity contribution in [3.05, 3.63) is 0 Å². The van der Waals surface area contributed by atoms with Gasteiger partial charge in [-0.15, -0.1) is 0 Å². The number of aliphatic hydroxyl groups is 2. The van der Waals surface area contributed by atoms with Crippen molar-refractivity contribution in [3.63, 3.8) is 0 Å². The zero-order valence-electron chi connectivity index (χ0n) is 10.7. The summed E-state index contributed by atoms with van der Waals surface area (Å²) in [7, 11) is 0. The molecule has 0 rings (SSSR count). The highest BCUT2D eigenvalue weighted by Crippen LogP contribution is 2.53. The van der Waals surface area contributed by atoms with E-state index < -0.39 is 54.9 Å². The second-order valence-electron chi connectivity index (χ2n) is 4.43. The molecule has 2 nitrogen and oxygen atoms in total. The molecule has 0 aromatic carbocycles. The van der Waals surface area contributed by atoms with E-state index in [1.54, 1.807) is 0 Å². The lowest BCUT2D eigenvalue weighted by Gasteiger charge is -2.37. The molecule has 0 bridgehead atoms. The third kappa shape index (κ3) is 3.65. The van der Waals surface area contributed by atoms with Gasteiger partial charge in [0, 0.05) is 0 Å². The van der Waals surface area contributed by atoms with E-state index in [4.69, 9.17) is 10.2 Å². The monoisotopic (exact) mass is 394 g/mol. The highest BCUT2D eigenvalue weighted by Gasteiger charge is 2.82. The lowest BCUT2D eigenvalue weighted by molar-refractivity contribution is -0.445. The van der Waals surface area contributed by atoms with Gasteiger partial charge >= 0.3 is 23.8 Å². The molecule has 0 heterocycles. The zero-order chi connectivity index (χ0) is 19.9. The maximum atomic E-state index is 13.0. The largest absolute Gasteiger partial charge is 0.399 e. The second-order valence-corrected chi connectivity index (χ2v) is 4.43. The van der Waals surface area contributed by atoms with Crippen molar-refractivity contribution in [2.45, 2.75) is 54.9 Å². The van der Waals surface area contributed by atoms with Gasteiger partial charge in [-0.05, 0) is 0 Å². The van der Waals surface area contributed by atoms with Crippen LogP contribution in [0.3, 0.4) is 0 Å². The van der Waals surface area contributed by atoms with E-state index in [1.165, 1.54) is 0 Å². The number of hydrogen-bond acceptors (Lipinski definition) is 2. The van der Waals surface area contributed by atoms with Crippen molar-refractivity contribution >= 4 is 0 Å². The molecule has 4 atom stereocenters. The molecule has 0 aliphatic rings. The topological polar surface area (TPSA) is 40.5 Å². The standard InChI is InChI=1S/C9H7F13O2/c10-1(3(12)5(14)15)2(11)4(13)6(16,17)7(18,19)8(20,21)9(22,23)24/h1-5,23-24H. The molecule has 0 saturated carbocycles. The highest BCUT2D eigenvalue weighted by molar-refractivity contribution is 5.06. The van der Waals surface area contributed by atoms with E-state index in [0.717, 1.165) is 0 Å². The van der Waals surface area contributed by atoms with Gasteiger partial charge in [0.05, 0.1) is 0 Å². The summed E-state index contributed by atoms with van der Waals surface area (Å²) in [5, 5.41) is 15.4. The molecule has 0 radical (unpaired) electrons. The van der Waals surface area contributed by atoms with Gasteiger partial charge in [0.1, 0.15) is 0 Å². The third-order valence-corrected chi connectivity index (χ3v) is 2.69. The minimum atomic E-state index is -7.39. The van der Waals surface area contributed by atoms with Crippen LogP contribution in [-0.2, 0) is 0 Å². The average Bonchev–Trinajstić information content (AvgIpc) is 2.41. The predicted octanol–water partition coefficient (Wildman–Crippen LogP) is 3.12. The van der Waals surface area contributed by atoms with Crippen LogP contribution in [0, 0.1) is 0 Å². The lowest BCUT2D eigenvalue weighted by atomic mass is 9.94. The molecule has 24 heavy (non-hydrogen) atoms. The van der Waals surface area contributed by atoms with Gasteiger partial charge < -0.3 is 10.2 Å². The molecule has 0 spiro atoms. The maximum absolute atomic E-state index is 13.0. The Morgan fingerprint density at radius 1 is 0.542 bits per heavy atom. The fourth-order valence-corrected chi connectivity index (χ4v) is 1.26. The van der Waals surface area contributed by atoms with E-state index in [1.807, 2.05) is 0 Å². The molecule has 146 valence electrons. The highest BCUT2D eigenvalue weighted by atomic mass is 19.4. The fraction of sp³-hybridized carbons (Fsp3) is 1.00. The summed E-state index contributed by atoms with van der Waals surface area (Å²) >= 11 is 0. The zero-order valence-corrected chi connectivity index (χ0v) is 10.7. The van der Waals surface area contributed by atoms with Crippen LogP contribution in [0.1, 0.15) is 0 Å². The smallest absolute Gasteiger partial charge is 0.335 e. The molecular weight excluding hydrogens is 387 g/mol. The minimum Gasteiger partial charge on any atom is -0.335 e. The average molecular weight is 394 g/mol. The van der Waals surface area contributed by atoms with Gasteiger partial charge in [-0.2, -0.15) is 30.7 Å². The van der Waals surface area contributed by atoms with Crippen molar-refractivity contribution < 1.29 is 67.3 Å². The Labute approximate surface area is 123 Å². The molecule has 15 heteroatoms. The number of halogens is 13. The van der Waals surface area contributed by atoms with Crippen LogP contribution in [0.2, 0.25) is 0 Å². The van der Waals surface area contributed by atoms with Gasteiger partial charge in [-0.3, -0.25) is 0 Å². The van der Waals surface area contributed by atoms with E-state index in [-0.39, 0.29) is 0 Å². The summed E-state index contributed by atoms with van der Waals surface area (Å²) in [6.07, 6.45) is -23.4. The van der Waals surface area contributed by atoms with Crippen molar-refractivity contribution in [1.29, 1.82) is 0 Å². The molecule has 0 saturated heterocycles. The van der Waals surface area contributed by atoms with Crippen LogP contribution in [0.4, 0.5) is 57.1 Å². The number of rotatable bonds is 8. The minimum absolute atomic E-state index is 4.28. The van der Waals surface area contributed by atoms with Gasteiger partial charge in [0.15, 0.2) is 18.5 Å². The molecule has 0 fully saturated rings. The summed E-state index contributed by atoms with van der Waals surface area (Å²) < 4.78 is 164. The molecule has 4 unspecified atom stereocenters. The van der Waals surface area contributed by atoms with E-state index in [0.29, 0.717) is 0 Å². The Morgan fingerprint density at radius 3 is 1.21 bits per heavy atom. The first-order valence-electron chi connectivity index (χ1n) is 5.45. The Morgan fingerprint density at radius 2 is 0.917 bits per heavy atom. The molecule has 0 aromatic heterocycles. The second kappa shape index (κ2) is 6.72. The van der Waals surface area contributed by atoms with Crippen LogP contribution < -0.4 is 0 Å². The van der Waals surface area contributed by atoms with Crippen molar-refractivity contribution in [2.24, 2.45) is 0 Å². The molecule has 0 aromatic rings. The van der Waals surface area contributed by atoms with Crippen LogP contribution in [0.25, 0.3) is 0 Å². The molecule has 2 N–H and O–H groups in total. The van der Waals surface area contributed by atoms with Crippen LogP contribution >= 0.6 is 0 Å². The first kappa shape index (κ1) is 23.0. The maximum Gasteiger partial charge on any atom is 0.399 e. The summed E-state index contributed by atoms with van der Waals surface area (Å²) in [6.45, 7) is 0. The molecular formula is C9H7F13O2. The summed E-state index contributed by atoms with van der Waals surface area (Å²) in [4.78, 5) is 0. The Balaban J connectivity index is 5.72. The van der Waals surface area contributed by atoms with Crippen molar-refractivity contribution in [1.82, 2.24) is 0 Å². The first-order valence-corrected chi connectivity index (χ1v) is 5.45. The predicted molar refractivity (Wildman–Crippen MR) is 48.7 cm³/mol. The lowest BCUT2D eigenvalue weighted by Crippen LogP contribution is -2.67. The Hall–Kier alpha value is -0.990. The first-order chi connectivity index (χ1) is 10.3. The molecule has 0 amide bonds. The van der Waals surface area contributed by atoms with E-state index in [9.17, 15) is 57.1 Å². The SMILES string of the molecule is OC(O)(F)C(F)(F)C(F)(F)C(F)(F)C(F)C(F)C(F)C(F)C(F)F. The van der Waals surface area contributed by atoms with Crippen LogP contribution in [0.5, 0.6) is 0 Å². The van der Waals surface area contributed by atoms with Gasteiger partial charge in [-0.1, -0.05) is 0 Å². The van der Waals surface area contributed by atoms with Crippen LogP contribution in [0.15, 0.2) is 0 Å². The van der Waals surface area contributed by atoms with E-state index in [2.05, 4.69) is 0 Å². The number of hydrogen-bond donors (Lipinski definition) is 2. The summed E-state index contributed by atoms with van der Waals surface area (Å²) in [6, 6.07) is -6.35. The Kier molecular flexibility index (Phi) is 6.45. The van der Waals surface area contributed by atoms with Crippen molar-refractivity contribution in [2.75, 3.05) is 0 Å². The fourth-order valence-electron chi connectivity index (χ4n) is 1.26. The summed E-state index contributed by atoms with van der Waals surface area (Å²) in [5.41, 5.74) is 0. The number of alkyl halides is 13. The van der Waals surface area contributed by atoms with E-state index >= 15 is 0 Å². The van der Waals surface area contributed by atoms with Gasteiger partial charge in [-0.25, -0.2) is 26.3 Å². The third-order valence-electron chi connectivity index (χ3n) is 2.69.